The van der Waals surface area contributed by atoms with Crippen molar-refractivity contribution >= 4 is 5.91 Å². The van der Waals surface area contributed by atoms with Gasteiger partial charge in [0.25, 0.3) is 0 Å². The first kappa shape index (κ1) is 15.0. The van der Waals surface area contributed by atoms with Gasteiger partial charge in [0, 0.05) is 13.2 Å². The molecule has 0 spiro atoms. The minimum Gasteiger partial charge on any atom is -0.379 e. The highest BCUT2D eigenvalue weighted by molar-refractivity contribution is 5.81. The van der Waals surface area contributed by atoms with Crippen molar-refractivity contribution < 1.29 is 9.53 Å². The number of benzene rings is 1. The van der Waals surface area contributed by atoms with E-state index < -0.39 is 6.04 Å². The second kappa shape index (κ2) is 8.02. The van der Waals surface area contributed by atoms with Crippen LogP contribution in [0.2, 0.25) is 0 Å². The molecule has 110 valence electrons. The Morgan fingerprint density at radius 2 is 2.10 bits per heavy atom. The highest BCUT2D eigenvalue weighted by Gasteiger charge is 2.21. The number of nitrogens with two attached hydrogens (primary N) is 1. The molecule has 1 aromatic rings. The fourth-order valence-electron chi connectivity index (χ4n) is 2.01. The molecule has 4 nitrogen and oxygen atoms in total. The molecule has 1 atom stereocenters. The van der Waals surface area contributed by atoms with Crippen molar-refractivity contribution in [3.63, 3.8) is 0 Å². The van der Waals surface area contributed by atoms with E-state index in [1.807, 2.05) is 18.2 Å². The van der Waals surface area contributed by atoms with Crippen LogP contribution in [0.4, 0.5) is 0 Å². The van der Waals surface area contributed by atoms with E-state index in [-0.39, 0.29) is 5.91 Å². The minimum atomic E-state index is -0.446. The van der Waals surface area contributed by atoms with E-state index in [9.17, 15) is 4.79 Å². The minimum absolute atomic E-state index is 0.0871. The molecular formula is C16H24N2O2. The third-order valence-electron chi connectivity index (χ3n) is 3.52. The van der Waals surface area contributed by atoms with Crippen LogP contribution in [0.25, 0.3) is 0 Å². The summed E-state index contributed by atoms with van der Waals surface area (Å²) in [6.45, 7) is 1.95. The number of rotatable bonds is 9. The van der Waals surface area contributed by atoms with Crippen molar-refractivity contribution in [2.45, 2.75) is 31.7 Å². The Kier molecular flexibility index (Phi) is 6.02. The Hall–Kier alpha value is -1.39. The fraction of sp³-hybridized carbons (Fsp3) is 0.562. The van der Waals surface area contributed by atoms with Gasteiger partial charge in [-0.15, -0.1) is 0 Å². The van der Waals surface area contributed by atoms with Gasteiger partial charge in [-0.3, -0.25) is 4.79 Å². The molecule has 2 rings (SSSR count). The zero-order valence-corrected chi connectivity index (χ0v) is 11.9. The van der Waals surface area contributed by atoms with Crippen LogP contribution in [0, 0.1) is 5.92 Å². The molecule has 20 heavy (non-hydrogen) atoms. The van der Waals surface area contributed by atoms with Crippen molar-refractivity contribution in [2.75, 3.05) is 19.8 Å². The maximum atomic E-state index is 11.8. The lowest BCUT2D eigenvalue weighted by Crippen LogP contribution is -2.42. The van der Waals surface area contributed by atoms with Crippen molar-refractivity contribution in [3.05, 3.63) is 35.9 Å². The summed E-state index contributed by atoms with van der Waals surface area (Å²) in [5.41, 5.74) is 7.10. The lowest BCUT2D eigenvalue weighted by atomic mass is 10.1. The van der Waals surface area contributed by atoms with Gasteiger partial charge in [-0.2, -0.15) is 0 Å². The number of carbonyl (C=O) groups excluding carboxylic acids is 1. The number of ether oxygens (including phenoxy) is 1. The first-order chi connectivity index (χ1) is 9.75. The molecule has 0 aliphatic heterocycles. The summed E-state index contributed by atoms with van der Waals surface area (Å²) >= 11 is 0. The second-order valence-electron chi connectivity index (χ2n) is 5.44. The summed E-state index contributed by atoms with van der Waals surface area (Å²) < 4.78 is 5.46. The van der Waals surface area contributed by atoms with Gasteiger partial charge in [0.1, 0.15) is 0 Å². The predicted molar refractivity (Wildman–Crippen MR) is 79.3 cm³/mol. The highest BCUT2D eigenvalue weighted by atomic mass is 16.5. The predicted octanol–water partition coefficient (Wildman–Crippen LogP) is 1.49. The van der Waals surface area contributed by atoms with Gasteiger partial charge in [0.05, 0.1) is 12.6 Å². The molecule has 0 aromatic heterocycles. The largest absolute Gasteiger partial charge is 0.379 e. The number of hydrogen-bond donors (Lipinski definition) is 2. The molecule has 3 N–H and O–H groups in total. The average Bonchev–Trinajstić information content (AvgIpc) is 3.29. The number of aryl methyl sites for hydroxylation is 1. The average molecular weight is 276 g/mol. The molecule has 1 aliphatic carbocycles. The van der Waals surface area contributed by atoms with Crippen LogP contribution in [0.3, 0.4) is 0 Å². The van der Waals surface area contributed by atoms with E-state index >= 15 is 0 Å². The van der Waals surface area contributed by atoms with Crippen LogP contribution in [-0.4, -0.2) is 31.7 Å². The number of hydrogen-bond acceptors (Lipinski definition) is 3. The van der Waals surface area contributed by atoms with Gasteiger partial charge in [-0.1, -0.05) is 30.3 Å². The molecule has 0 saturated heterocycles. The Morgan fingerprint density at radius 1 is 1.35 bits per heavy atom. The van der Waals surface area contributed by atoms with Crippen LogP contribution in [0.1, 0.15) is 24.8 Å². The molecule has 1 unspecified atom stereocenters. The SMILES string of the molecule is NC(CCc1ccccc1)C(=O)NCCOCC1CC1. The highest BCUT2D eigenvalue weighted by Crippen LogP contribution is 2.28. The molecule has 0 radical (unpaired) electrons. The lowest BCUT2D eigenvalue weighted by molar-refractivity contribution is -0.122. The molecule has 0 bridgehead atoms. The fourth-order valence-corrected chi connectivity index (χ4v) is 2.01. The van der Waals surface area contributed by atoms with E-state index in [0.29, 0.717) is 19.6 Å². The van der Waals surface area contributed by atoms with Crippen LogP contribution in [-0.2, 0) is 16.0 Å². The zero-order valence-electron chi connectivity index (χ0n) is 11.9. The summed E-state index contributed by atoms with van der Waals surface area (Å²) in [6, 6.07) is 9.64. The van der Waals surface area contributed by atoms with Crippen molar-refractivity contribution in [1.29, 1.82) is 0 Å². The Balaban J connectivity index is 1.54. The van der Waals surface area contributed by atoms with Crippen molar-refractivity contribution in [2.24, 2.45) is 11.7 Å². The van der Waals surface area contributed by atoms with Crippen molar-refractivity contribution in [3.8, 4) is 0 Å². The zero-order chi connectivity index (χ0) is 14.2. The molecule has 4 heteroatoms. The standard InChI is InChI=1S/C16H24N2O2/c17-15(9-8-13-4-2-1-3-5-13)16(19)18-10-11-20-12-14-6-7-14/h1-5,14-15H,6-12,17H2,(H,18,19). The summed E-state index contributed by atoms with van der Waals surface area (Å²) in [5.74, 6) is 0.676. The molecule has 1 aromatic carbocycles. The van der Waals surface area contributed by atoms with Gasteiger partial charge in [0.2, 0.25) is 5.91 Å². The van der Waals surface area contributed by atoms with Crippen LogP contribution in [0.15, 0.2) is 30.3 Å². The first-order valence-electron chi connectivity index (χ1n) is 7.40. The Bertz CT molecular complexity index is 404. The summed E-state index contributed by atoms with van der Waals surface area (Å²) in [5, 5.41) is 2.82. The summed E-state index contributed by atoms with van der Waals surface area (Å²) in [4.78, 5) is 11.8. The quantitative estimate of drug-likeness (QED) is 0.672. The Morgan fingerprint density at radius 3 is 2.80 bits per heavy atom. The third-order valence-corrected chi connectivity index (χ3v) is 3.52. The summed E-state index contributed by atoms with van der Waals surface area (Å²) in [7, 11) is 0. The molecule has 0 heterocycles. The maximum Gasteiger partial charge on any atom is 0.237 e. The van der Waals surface area contributed by atoms with Crippen LogP contribution < -0.4 is 11.1 Å². The van der Waals surface area contributed by atoms with Gasteiger partial charge in [-0.05, 0) is 37.2 Å². The first-order valence-corrected chi connectivity index (χ1v) is 7.40. The number of nitrogens with one attached hydrogen (secondary N) is 1. The smallest absolute Gasteiger partial charge is 0.237 e. The Labute approximate surface area is 120 Å². The normalized spacial score (nSPS) is 15.8. The molecule has 1 fully saturated rings. The van der Waals surface area contributed by atoms with E-state index in [2.05, 4.69) is 17.4 Å². The number of carbonyl (C=O) groups is 1. The number of amides is 1. The summed E-state index contributed by atoms with van der Waals surface area (Å²) in [6.07, 6.45) is 4.07. The molecular weight excluding hydrogens is 252 g/mol. The molecule has 1 saturated carbocycles. The molecule has 1 amide bonds. The van der Waals surface area contributed by atoms with Crippen LogP contribution >= 0.6 is 0 Å². The van der Waals surface area contributed by atoms with Crippen LogP contribution in [0.5, 0.6) is 0 Å². The van der Waals surface area contributed by atoms with E-state index in [0.717, 1.165) is 18.9 Å². The second-order valence-corrected chi connectivity index (χ2v) is 5.44. The third kappa shape index (κ3) is 5.72. The van der Waals surface area contributed by atoms with E-state index in [4.69, 9.17) is 10.5 Å². The van der Waals surface area contributed by atoms with Crippen molar-refractivity contribution in [1.82, 2.24) is 5.32 Å². The van der Waals surface area contributed by atoms with Gasteiger partial charge in [0.15, 0.2) is 0 Å². The van der Waals surface area contributed by atoms with E-state index in [1.165, 1.54) is 18.4 Å². The van der Waals surface area contributed by atoms with Gasteiger partial charge in [-0.25, -0.2) is 0 Å². The maximum absolute atomic E-state index is 11.8. The molecule has 1 aliphatic rings. The van der Waals surface area contributed by atoms with E-state index in [1.54, 1.807) is 0 Å². The van der Waals surface area contributed by atoms with Gasteiger partial charge >= 0.3 is 0 Å². The lowest BCUT2D eigenvalue weighted by Gasteiger charge is -2.12. The topological polar surface area (TPSA) is 64.4 Å². The monoisotopic (exact) mass is 276 g/mol. The van der Waals surface area contributed by atoms with Gasteiger partial charge < -0.3 is 15.8 Å².